The Morgan fingerprint density at radius 1 is 1.27 bits per heavy atom. The summed E-state index contributed by atoms with van der Waals surface area (Å²) in [6.45, 7) is -0.0512. The molecule has 3 N–H and O–H groups in total. The predicted octanol–water partition coefficient (Wildman–Crippen LogP) is 1.22. The lowest BCUT2D eigenvalue weighted by Gasteiger charge is -2.07. The first-order chi connectivity index (χ1) is 7.31. The second-order valence-corrected chi connectivity index (χ2v) is 3.16. The molecule has 0 aliphatic heterocycles. The zero-order valence-corrected chi connectivity index (χ0v) is 8.09. The number of aromatic nitrogens is 2. The molecule has 0 unspecified atom stereocenters. The number of nitrogens with two attached hydrogens (primary N) is 1. The van der Waals surface area contributed by atoms with Crippen molar-refractivity contribution in [3.05, 3.63) is 42.4 Å². The van der Waals surface area contributed by atoms with Crippen molar-refractivity contribution in [1.82, 2.24) is 9.97 Å². The van der Waals surface area contributed by atoms with Gasteiger partial charge in [-0.05, 0) is 29.3 Å². The number of nitrogen functional groups attached to an aromatic ring is 1. The molecule has 4 heteroatoms. The number of hydrogen-bond acceptors (Lipinski definition) is 4. The number of anilines is 1. The summed E-state index contributed by atoms with van der Waals surface area (Å²) in [4.78, 5) is 7.95. The maximum atomic E-state index is 9.21. The van der Waals surface area contributed by atoms with Crippen molar-refractivity contribution in [2.24, 2.45) is 0 Å². The topological polar surface area (TPSA) is 72.0 Å². The van der Waals surface area contributed by atoms with E-state index in [1.54, 1.807) is 24.7 Å². The maximum absolute atomic E-state index is 9.21. The zero-order valence-electron chi connectivity index (χ0n) is 8.09. The molecule has 0 amide bonds. The molecule has 2 aromatic heterocycles. The van der Waals surface area contributed by atoms with Gasteiger partial charge < -0.3 is 10.8 Å². The summed E-state index contributed by atoms with van der Waals surface area (Å²) < 4.78 is 0. The van der Waals surface area contributed by atoms with Gasteiger partial charge in [0.25, 0.3) is 0 Å². The van der Waals surface area contributed by atoms with E-state index in [1.165, 1.54) is 0 Å². The van der Waals surface area contributed by atoms with Crippen LogP contribution in [0.5, 0.6) is 0 Å². The lowest BCUT2D eigenvalue weighted by Crippen LogP contribution is -1.96. The standard InChI is InChI=1S/C11H11N3O/c12-11-5-9(7-15)10(6-14-11)8-1-3-13-4-2-8/h1-6,15H,7H2,(H2,12,14). The SMILES string of the molecule is Nc1cc(CO)c(-c2ccncc2)cn1. The summed E-state index contributed by atoms with van der Waals surface area (Å²) in [6.07, 6.45) is 5.07. The van der Waals surface area contributed by atoms with Crippen LogP contribution < -0.4 is 5.73 Å². The molecule has 0 aliphatic rings. The van der Waals surface area contributed by atoms with Gasteiger partial charge in [0.15, 0.2) is 0 Å². The molecule has 2 rings (SSSR count). The van der Waals surface area contributed by atoms with E-state index in [-0.39, 0.29) is 6.61 Å². The first-order valence-electron chi connectivity index (χ1n) is 4.57. The third kappa shape index (κ3) is 1.94. The fourth-order valence-electron chi connectivity index (χ4n) is 1.44. The van der Waals surface area contributed by atoms with E-state index in [9.17, 15) is 5.11 Å². The van der Waals surface area contributed by atoms with E-state index in [0.717, 1.165) is 16.7 Å². The van der Waals surface area contributed by atoms with E-state index in [4.69, 9.17) is 5.73 Å². The van der Waals surface area contributed by atoms with E-state index in [0.29, 0.717) is 5.82 Å². The number of aliphatic hydroxyl groups excluding tert-OH is 1. The Kier molecular flexibility index (Phi) is 2.60. The summed E-state index contributed by atoms with van der Waals surface area (Å²) in [7, 11) is 0. The molecule has 4 nitrogen and oxygen atoms in total. The molecule has 0 aromatic carbocycles. The Morgan fingerprint density at radius 2 is 2.00 bits per heavy atom. The van der Waals surface area contributed by atoms with Gasteiger partial charge in [-0.3, -0.25) is 4.98 Å². The van der Waals surface area contributed by atoms with Crippen LogP contribution >= 0.6 is 0 Å². The van der Waals surface area contributed by atoms with Crippen LogP contribution in [0.1, 0.15) is 5.56 Å². The van der Waals surface area contributed by atoms with Gasteiger partial charge in [0, 0.05) is 24.2 Å². The van der Waals surface area contributed by atoms with Crippen LogP contribution in [0.25, 0.3) is 11.1 Å². The summed E-state index contributed by atoms with van der Waals surface area (Å²) in [5.41, 5.74) is 8.18. The average molecular weight is 201 g/mol. The van der Waals surface area contributed by atoms with Gasteiger partial charge >= 0.3 is 0 Å². The van der Waals surface area contributed by atoms with Crippen LogP contribution in [0, 0.1) is 0 Å². The van der Waals surface area contributed by atoms with E-state index >= 15 is 0 Å². The molecule has 2 aromatic rings. The Labute approximate surface area is 87.4 Å². The van der Waals surface area contributed by atoms with Gasteiger partial charge in [-0.2, -0.15) is 0 Å². The van der Waals surface area contributed by atoms with Gasteiger partial charge in [-0.15, -0.1) is 0 Å². The molecular weight excluding hydrogens is 190 g/mol. The van der Waals surface area contributed by atoms with Crippen LogP contribution in [0.2, 0.25) is 0 Å². The van der Waals surface area contributed by atoms with Crippen molar-refractivity contribution in [2.75, 3.05) is 5.73 Å². The van der Waals surface area contributed by atoms with E-state index < -0.39 is 0 Å². The monoisotopic (exact) mass is 201 g/mol. The van der Waals surface area contributed by atoms with Crippen LogP contribution in [0.3, 0.4) is 0 Å². The normalized spacial score (nSPS) is 10.2. The third-order valence-electron chi connectivity index (χ3n) is 2.17. The van der Waals surface area contributed by atoms with Crippen molar-refractivity contribution in [3.63, 3.8) is 0 Å². The number of pyridine rings is 2. The second-order valence-electron chi connectivity index (χ2n) is 3.16. The molecule has 0 saturated heterocycles. The summed E-state index contributed by atoms with van der Waals surface area (Å²) in [5, 5.41) is 9.21. The summed E-state index contributed by atoms with van der Waals surface area (Å²) in [5.74, 6) is 0.414. The van der Waals surface area contributed by atoms with Crippen LogP contribution in [0.15, 0.2) is 36.8 Å². The largest absolute Gasteiger partial charge is 0.392 e. The highest BCUT2D eigenvalue weighted by Crippen LogP contribution is 2.23. The molecule has 0 bridgehead atoms. The second kappa shape index (κ2) is 4.06. The Hall–Kier alpha value is -1.94. The summed E-state index contributed by atoms with van der Waals surface area (Å²) in [6, 6.07) is 5.41. The number of rotatable bonds is 2. The maximum Gasteiger partial charge on any atom is 0.123 e. The molecule has 0 saturated carbocycles. The highest BCUT2D eigenvalue weighted by Gasteiger charge is 2.05. The molecule has 0 aliphatic carbocycles. The molecule has 0 radical (unpaired) electrons. The van der Waals surface area contributed by atoms with Gasteiger partial charge in [0.05, 0.1) is 6.61 Å². The minimum Gasteiger partial charge on any atom is -0.392 e. The van der Waals surface area contributed by atoms with Gasteiger partial charge in [0.1, 0.15) is 5.82 Å². The van der Waals surface area contributed by atoms with Crippen molar-refractivity contribution in [1.29, 1.82) is 0 Å². The van der Waals surface area contributed by atoms with Gasteiger partial charge in [-0.1, -0.05) is 0 Å². The molecule has 2 heterocycles. The lowest BCUT2D eigenvalue weighted by atomic mass is 10.0. The Balaban J connectivity index is 2.53. The van der Waals surface area contributed by atoms with Gasteiger partial charge in [0.2, 0.25) is 0 Å². The number of aliphatic hydroxyl groups is 1. The summed E-state index contributed by atoms with van der Waals surface area (Å²) >= 11 is 0. The first kappa shape index (κ1) is 9.61. The van der Waals surface area contributed by atoms with Crippen LogP contribution in [-0.2, 0) is 6.61 Å². The minimum atomic E-state index is -0.0512. The lowest BCUT2D eigenvalue weighted by molar-refractivity contribution is 0.282. The van der Waals surface area contributed by atoms with Gasteiger partial charge in [-0.25, -0.2) is 4.98 Å². The molecule has 0 fully saturated rings. The third-order valence-corrected chi connectivity index (χ3v) is 2.17. The van der Waals surface area contributed by atoms with Crippen LogP contribution in [0.4, 0.5) is 5.82 Å². The Bertz CT molecular complexity index is 457. The van der Waals surface area contributed by atoms with Crippen LogP contribution in [-0.4, -0.2) is 15.1 Å². The predicted molar refractivity (Wildman–Crippen MR) is 57.8 cm³/mol. The average Bonchev–Trinajstić information content (AvgIpc) is 2.30. The van der Waals surface area contributed by atoms with Crippen molar-refractivity contribution in [3.8, 4) is 11.1 Å². The quantitative estimate of drug-likeness (QED) is 0.766. The van der Waals surface area contributed by atoms with E-state index in [2.05, 4.69) is 9.97 Å². The fourth-order valence-corrected chi connectivity index (χ4v) is 1.44. The van der Waals surface area contributed by atoms with Crippen molar-refractivity contribution < 1.29 is 5.11 Å². The van der Waals surface area contributed by atoms with Crippen molar-refractivity contribution >= 4 is 5.82 Å². The van der Waals surface area contributed by atoms with E-state index in [1.807, 2.05) is 12.1 Å². The first-order valence-corrected chi connectivity index (χ1v) is 4.57. The molecule has 76 valence electrons. The molecule has 0 spiro atoms. The minimum absolute atomic E-state index is 0.0512. The highest BCUT2D eigenvalue weighted by atomic mass is 16.3. The highest BCUT2D eigenvalue weighted by molar-refractivity contribution is 5.67. The molecular formula is C11H11N3O. The van der Waals surface area contributed by atoms with Crippen molar-refractivity contribution in [2.45, 2.75) is 6.61 Å². The zero-order chi connectivity index (χ0) is 10.7. The number of nitrogens with zero attached hydrogens (tertiary/aromatic N) is 2. The number of hydrogen-bond donors (Lipinski definition) is 2. The smallest absolute Gasteiger partial charge is 0.123 e. The Morgan fingerprint density at radius 3 is 2.67 bits per heavy atom. The fraction of sp³-hybridized carbons (Fsp3) is 0.0909. The molecule has 15 heavy (non-hydrogen) atoms. The molecule has 0 atom stereocenters.